The Morgan fingerprint density at radius 1 is 1.29 bits per heavy atom. The molecule has 1 aromatic rings. The van der Waals surface area contributed by atoms with E-state index in [-0.39, 0.29) is 5.82 Å². The van der Waals surface area contributed by atoms with Gasteiger partial charge >= 0.3 is 0 Å². The number of hydrogen-bond acceptors (Lipinski definition) is 0. The van der Waals surface area contributed by atoms with E-state index in [9.17, 15) is 4.39 Å². The highest BCUT2D eigenvalue weighted by atomic mass is 19.1. The third-order valence-electron chi connectivity index (χ3n) is 2.84. The normalized spacial score (nSPS) is 21.9. The van der Waals surface area contributed by atoms with Gasteiger partial charge in [0, 0.05) is 5.56 Å². The lowest BCUT2D eigenvalue weighted by molar-refractivity contribution is 0.533. The van der Waals surface area contributed by atoms with Gasteiger partial charge < -0.3 is 0 Å². The van der Waals surface area contributed by atoms with E-state index in [2.05, 4.69) is 13.0 Å². The van der Waals surface area contributed by atoms with Crippen molar-refractivity contribution in [2.45, 2.75) is 26.2 Å². The maximum atomic E-state index is 13.5. The lowest BCUT2D eigenvalue weighted by Crippen LogP contribution is -2.03. The molecule has 0 aliphatic heterocycles. The lowest BCUT2D eigenvalue weighted by atomic mass is 9.87. The van der Waals surface area contributed by atoms with Crippen molar-refractivity contribution in [1.82, 2.24) is 0 Å². The number of allylic oxidation sites excluding steroid dienone is 2. The van der Waals surface area contributed by atoms with Crippen LogP contribution in [0.25, 0.3) is 5.57 Å². The average Bonchev–Trinajstić information content (AvgIpc) is 2.18. The van der Waals surface area contributed by atoms with Crippen molar-refractivity contribution in [3.8, 4) is 0 Å². The number of benzene rings is 1. The molecule has 0 amide bonds. The highest BCUT2D eigenvalue weighted by Crippen LogP contribution is 2.31. The molecule has 1 aromatic carbocycles. The van der Waals surface area contributed by atoms with Gasteiger partial charge in [-0.2, -0.15) is 0 Å². The Morgan fingerprint density at radius 2 is 2.07 bits per heavy atom. The number of rotatable bonds is 1. The SMILES string of the molecule is C[C@@H]1CCC=C(c2ccccc2F)C1. The Kier molecular flexibility index (Phi) is 2.67. The predicted octanol–water partition coefficient (Wildman–Crippen LogP) is 4.03. The summed E-state index contributed by atoms with van der Waals surface area (Å²) in [6.07, 6.45) is 5.52. The number of halogens is 1. The van der Waals surface area contributed by atoms with Gasteiger partial charge in [-0.15, -0.1) is 0 Å². The molecule has 0 N–H and O–H groups in total. The van der Waals surface area contributed by atoms with Crippen LogP contribution in [0.4, 0.5) is 4.39 Å². The zero-order chi connectivity index (χ0) is 9.97. The van der Waals surface area contributed by atoms with Gasteiger partial charge in [-0.3, -0.25) is 0 Å². The second kappa shape index (κ2) is 3.95. The Hall–Kier alpha value is -1.11. The summed E-state index contributed by atoms with van der Waals surface area (Å²) >= 11 is 0. The molecule has 0 saturated carbocycles. The van der Waals surface area contributed by atoms with Crippen LogP contribution in [0.2, 0.25) is 0 Å². The Labute approximate surface area is 84.5 Å². The molecule has 0 heterocycles. The van der Waals surface area contributed by atoms with Gasteiger partial charge in [-0.05, 0) is 36.8 Å². The van der Waals surface area contributed by atoms with Gasteiger partial charge in [-0.1, -0.05) is 31.2 Å². The third kappa shape index (κ3) is 1.87. The summed E-state index contributed by atoms with van der Waals surface area (Å²) in [7, 11) is 0. The zero-order valence-electron chi connectivity index (χ0n) is 8.46. The largest absolute Gasteiger partial charge is 0.206 e. The highest BCUT2D eigenvalue weighted by Gasteiger charge is 2.14. The second-order valence-electron chi connectivity index (χ2n) is 4.10. The topological polar surface area (TPSA) is 0 Å². The lowest BCUT2D eigenvalue weighted by Gasteiger charge is -2.19. The average molecular weight is 190 g/mol. The summed E-state index contributed by atoms with van der Waals surface area (Å²) in [6, 6.07) is 7.05. The molecule has 1 atom stereocenters. The molecular weight excluding hydrogens is 175 g/mol. The molecule has 0 fully saturated rings. The molecule has 0 unspecified atom stereocenters. The van der Waals surface area contributed by atoms with Gasteiger partial charge in [0.05, 0.1) is 0 Å². The van der Waals surface area contributed by atoms with E-state index < -0.39 is 0 Å². The minimum Gasteiger partial charge on any atom is -0.206 e. The summed E-state index contributed by atoms with van der Waals surface area (Å²) in [4.78, 5) is 0. The van der Waals surface area contributed by atoms with Gasteiger partial charge in [0.1, 0.15) is 5.82 Å². The molecule has 0 bridgehead atoms. The first-order valence-electron chi connectivity index (χ1n) is 5.21. The minimum atomic E-state index is -0.0900. The van der Waals surface area contributed by atoms with E-state index in [1.807, 2.05) is 12.1 Å². The van der Waals surface area contributed by atoms with E-state index >= 15 is 0 Å². The Morgan fingerprint density at radius 3 is 2.79 bits per heavy atom. The summed E-state index contributed by atoms with van der Waals surface area (Å²) in [5.74, 6) is 0.599. The second-order valence-corrected chi connectivity index (χ2v) is 4.10. The van der Waals surface area contributed by atoms with Crippen LogP contribution in [0.5, 0.6) is 0 Å². The fourth-order valence-corrected chi connectivity index (χ4v) is 2.04. The Bertz CT molecular complexity index is 352. The van der Waals surface area contributed by atoms with Crippen molar-refractivity contribution in [3.05, 3.63) is 41.7 Å². The van der Waals surface area contributed by atoms with Crippen LogP contribution in [0, 0.1) is 11.7 Å². The molecule has 0 spiro atoms. The maximum Gasteiger partial charge on any atom is 0.130 e. The fourth-order valence-electron chi connectivity index (χ4n) is 2.04. The first kappa shape index (κ1) is 9.45. The van der Waals surface area contributed by atoms with Crippen LogP contribution < -0.4 is 0 Å². The molecule has 0 nitrogen and oxygen atoms in total. The summed E-state index contributed by atoms with van der Waals surface area (Å²) in [5, 5.41) is 0. The fraction of sp³-hybridized carbons (Fsp3) is 0.385. The van der Waals surface area contributed by atoms with Gasteiger partial charge in [0.15, 0.2) is 0 Å². The third-order valence-corrected chi connectivity index (χ3v) is 2.84. The molecule has 0 radical (unpaired) electrons. The molecule has 0 saturated heterocycles. The molecule has 1 aliphatic rings. The molecule has 74 valence electrons. The standard InChI is InChI=1S/C13H15F/c1-10-5-4-6-11(9-10)12-7-2-3-8-13(12)14/h2-3,6-8,10H,4-5,9H2,1H3/t10-/m1/s1. The molecule has 1 heteroatoms. The quantitative estimate of drug-likeness (QED) is 0.627. The highest BCUT2D eigenvalue weighted by molar-refractivity contribution is 5.66. The van der Waals surface area contributed by atoms with E-state index in [4.69, 9.17) is 0 Å². The van der Waals surface area contributed by atoms with Crippen molar-refractivity contribution in [1.29, 1.82) is 0 Å². The van der Waals surface area contributed by atoms with Crippen molar-refractivity contribution < 1.29 is 4.39 Å². The van der Waals surface area contributed by atoms with Crippen LogP contribution in [-0.4, -0.2) is 0 Å². The van der Waals surface area contributed by atoms with Crippen LogP contribution in [0.1, 0.15) is 31.7 Å². The monoisotopic (exact) mass is 190 g/mol. The van der Waals surface area contributed by atoms with Crippen LogP contribution in [0.15, 0.2) is 30.3 Å². The molecule has 0 aromatic heterocycles. The van der Waals surface area contributed by atoms with Gasteiger partial charge in [0.2, 0.25) is 0 Å². The maximum absolute atomic E-state index is 13.5. The van der Waals surface area contributed by atoms with Crippen molar-refractivity contribution in [2.75, 3.05) is 0 Å². The van der Waals surface area contributed by atoms with Crippen LogP contribution >= 0.6 is 0 Å². The van der Waals surface area contributed by atoms with Crippen LogP contribution in [0.3, 0.4) is 0 Å². The smallest absolute Gasteiger partial charge is 0.130 e. The molecule has 2 rings (SSSR count). The molecule has 1 aliphatic carbocycles. The molecular formula is C13H15F. The van der Waals surface area contributed by atoms with Gasteiger partial charge in [0.25, 0.3) is 0 Å². The predicted molar refractivity (Wildman–Crippen MR) is 57.4 cm³/mol. The first-order chi connectivity index (χ1) is 6.77. The van der Waals surface area contributed by atoms with Gasteiger partial charge in [-0.25, -0.2) is 4.39 Å². The van der Waals surface area contributed by atoms with Crippen molar-refractivity contribution >= 4 is 5.57 Å². The van der Waals surface area contributed by atoms with Crippen molar-refractivity contribution in [3.63, 3.8) is 0 Å². The first-order valence-corrected chi connectivity index (χ1v) is 5.21. The van der Waals surface area contributed by atoms with E-state index in [0.717, 1.165) is 18.4 Å². The van der Waals surface area contributed by atoms with E-state index in [1.54, 1.807) is 6.07 Å². The van der Waals surface area contributed by atoms with E-state index in [1.165, 1.54) is 18.1 Å². The van der Waals surface area contributed by atoms with E-state index in [0.29, 0.717) is 5.92 Å². The zero-order valence-corrected chi connectivity index (χ0v) is 8.46. The van der Waals surface area contributed by atoms with Crippen molar-refractivity contribution in [2.24, 2.45) is 5.92 Å². The summed E-state index contributed by atoms with van der Waals surface area (Å²) < 4.78 is 13.5. The minimum absolute atomic E-state index is 0.0900. The number of hydrogen-bond donors (Lipinski definition) is 0. The summed E-state index contributed by atoms with van der Waals surface area (Å²) in [6.45, 7) is 2.23. The Balaban J connectivity index is 2.31. The summed E-state index contributed by atoms with van der Waals surface area (Å²) in [5.41, 5.74) is 1.97. The van der Waals surface area contributed by atoms with Crippen LogP contribution in [-0.2, 0) is 0 Å². The molecule has 14 heavy (non-hydrogen) atoms.